The van der Waals surface area contributed by atoms with E-state index in [4.69, 9.17) is 5.11 Å². The van der Waals surface area contributed by atoms with Crippen LogP contribution in [0.5, 0.6) is 0 Å². The minimum Gasteiger partial charge on any atom is -0.481 e. The van der Waals surface area contributed by atoms with Crippen molar-refractivity contribution in [1.82, 2.24) is 16.0 Å². The van der Waals surface area contributed by atoms with E-state index in [-0.39, 0.29) is 19.0 Å². The number of carboxylic acid groups (broad SMARTS) is 1. The van der Waals surface area contributed by atoms with E-state index in [1.54, 1.807) is 6.92 Å². The highest BCUT2D eigenvalue weighted by Crippen LogP contribution is 1.99. The Hall–Kier alpha value is -1.79. The Labute approximate surface area is 106 Å². The first kappa shape index (κ1) is 16.2. The van der Waals surface area contributed by atoms with E-state index >= 15 is 0 Å². The van der Waals surface area contributed by atoms with E-state index in [9.17, 15) is 14.4 Å². The molecule has 0 aromatic rings. The van der Waals surface area contributed by atoms with Gasteiger partial charge in [-0.1, -0.05) is 13.8 Å². The molecule has 0 saturated heterocycles. The molecule has 1 atom stereocenters. The first-order valence-electron chi connectivity index (χ1n) is 5.98. The summed E-state index contributed by atoms with van der Waals surface area (Å²) >= 11 is 0. The van der Waals surface area contributed by atoms with Crippen LogP contribution < -0.4 is 16.0 Å². The molecular formula is C11H21N3O4. The second-order valence-corrected chi connectivity index (χ2v) is 3.99. The molecule has 104 valence electrons. The Morgan fingerprint density at radius 2 is 1.78 bits per heavy atom. The first-order valence-corrected chi connectivity index (χ1v) is 5.98. The molecule has 0 spiro atoms. The summed E-state index contributed by atoms with van der Waals surface area (Å²) < 4.78 is 0. The topological polar surface area (TPSA) is 108 Å². The van der Waals surface area contributed by atoms with E-state index in [1.807, 2.05) is 6.92 Å². The number of hydrogen-bond acceptors (Lipinski definition) is 3. The van der Waals surface area contributed by atoms with Gasteiger partial charge in [-0.05, 0) is 12.8 Å². The number of hydrogen-bond donors (Lipinski definition) is 4. The summed E-state index contributed by atoms with van der Waals surface area (Å²) in [5.74, 6) is -1.64. The Kier molecular flexibility index (Phi) is 8.34. The number of amides is 3. The molecule has 7 nitrogen and oxygen atoms in total. The minimum atomic E-state index is -0.892. The molecule has 0 aliphatic rings. The van der Waals surface area contributed by atoms with E-state index < -0.39 is 17.9 Å². The Morgan fingerprint density at radius 3 is 2.33 bits per heavy atom. The molecular weight excluding hydrogens is 238 g/mol. The van der Waals surface area contributed by atoms with Crippen LogP contribution in [-0.2, 0) is 9.59 Å². The Bertz CT molecular complexity index is 294. The van der Waals surface area contributed by atoms with Gasteiger partial charge in [0.2, 0.25) is 5.91 Å². The van der Waals surface area contributed by atoms with Crippen molar-refractivity contribution in [3.63, 3.8) is 0 Å². The van der Waals surface area contributed by atoms with Crippen LogP contribution >= 0.6 is 0 Å². The van der Waals surface area contributed by atoms with Gasteiger partial charge in [-0.3, -0.25) is 9.59 Å². The lowest BCUT2D eigenvalue weighted by molar-refractivity contribution is -0.141. The van der Waals surface area contributed by atoms with Crippen LogP contribution in [0.4, 0.5) is 4.79 Å². The second kappa shape index (κ2) is 9.26. The van der Waals surface area contributed by atoms with Crippen molar-refractivity contribution in [1.29, 1.82) is 0 Å². The summed E-state index contributed by atoms with van der Waals surface area (Å²) in [5, 5.41) is 16.1. The summed E-state index contributed by atoms with van der Waals surface area (Å²) in [7, 11) is 0. The summed E-state index contributed by atoms with van der Waals surface area (Å²) in [5.41, 5.74) is 0. The van der Waals surface area contributed by atoms with Crippen molar-refractivity contribution >= 4 is 17.9 Å². The van der Waals surface area contributed by atoms with E-state index in [0.717, 1.165) is 6.42 Å². The average Bonchev–Trinajstić information content (AvgIpc) is 2.33. The second-order valence-electron chi connectivity index (χ2n) is 3.99. The van der Waals surface area contributed by atoms with Crippen LogP contribution in [0.3, 0.4) is 0 Å². The van der Waals surface area contributed by atoms with Crippen LogP contribution in [0.25, 0.3) is 0 Å². The van der Waals surface area contributed by atoms with Crippen LogP contribution in [0.1, 0.15) is 26.7 Å². The Morgan fingerprint density at radius 1 is 1.11 bits per heavy atom. The number of rotatable bonds is 8. The highest BCUT2D eigenvalue weighted by molar-refractivity contribution is 5.83. The van der Waals surface area contributed by atoms with E-state index in [2.05, 4.69) is 16.0 Å². The standard InChI is InChI=1S/C11H21N3O4/c1-3-5-12-9(15)7-14-11(18)13-6-4-8(2)10(16)17/h8H,3-7H2,1-2H3,(H,12,15)(H,16,17)(H2,13,14,18). The normalized spacial score (nSPS) is 11.4. The molecule has 18 heavy (non-hydrogen) atoms. The SMILES string of the molecule is CCCNC(=O)CNC(=O)NCCC(C)C(=O)O. The minimum absolute atomic E-state index is 0.0830. The molecule has 1 unspecified atom stereocenters. The molecule has 0 bridgehead atoms. The van der Waals surface area contributed by atoms with Crippen molar-refractivity contribution in [2.45, 2.75) is 26.7 Å². The molecule has 0 heterocycles. The molecule has 0 aromatic heterocycles. The van der Waals surface area contributed by atoms with E-state index in [1.165, 1.54) is 0 Å². The zero-order valence-corrected chi connectivity index (χ0v) is 10.8. The van der Waals surface area contributed by atoms with Gasteiger partial charge in [0.1, 0.15) is 0 Å². The van der Waals surface area contributed by atoms with Crippen LogP contribution in [0.15, 0.2) is 0 Å². The van der Waals surface area contributed by atoms with Gasteiger partial charge in [0.05, 0.1) is 12.5 Å². The van der Waals surface area contributed by atoms with Crippen LogP contribution in [0, 0.1) is 5.92 Å². The summed E-state index contributed by atoms with van der Waals surface area (Å²) in [4.78, 5) is 32.9. The Balaban J connectivity index is 3.60. The van der Waals surface area contributed by atoms with E-state index in [0.29, 0.717) is 13.0 Å². The smallest absolute Gasteiger partial charge is 0.315 e. The van der Waals surface area contributed by atoms with Gasteiger partial charge in [-0.2, -0.15) is 0 Å². The lowest BCUT2D eigenvalue weighted by Gasteiger charge is -2.09. The largest absolute Gasteiger partial charge is 0.481 e. The zero-order valence-electron chi connectivity index (χ0n) is 10.8. The van der Waals surface area contributed by atoms with Gasteiger partial charge in [0.25, 0.3) is 0 Å². The highest BCUT2D eigenvalue weighted by Gasteiger charge is 2.11. The fourth-order valence-electron chi connectivity index (χ4n) is 1.08. The van der Waals surface area contributed by atoms with Crippen molar-refractivity contribution in [3.8, 4) is 0 Å². The predicted molar refractivity (Wildman–Crippen MR) is 66.1 cm³/mol. The fraction of sp³-hybridized carbons (Fsp3) is 0.727. The molecule has 0 aromatic carbocycles. The molecule has 0 fully saturated rings. The molecule has 0 aliphatic heterocycles. The predicted octanol–water partition coefficient (Wildman–Crippen LogP) is -0.0774. The van der Waals surface area contributed by atoms with Crippen molar-refractivity contribution < 1.29 is 19.5 Å². The molecule has 7 heteroatoms. The van der Waals surface area contributed by atoms with Crippen LogP contribution in [-0.4, -0.2) is 42.6 Å². The quantitative estimate of drug-likeness (QED) is 0.489. The maximum Gasteiger partial charge on any atom is 0.315 e. The third-order valence-corrected chi connectivity index (χ3v) is 2.27. The van der Waals surface area contributed by atoms with Gasteiger partial charge < -0.3 is 21.1 Å². The molecule has 4 N–H and O–H groups in total. The first-order chi connectivity index (χ1) is 8.47. The lowest BCUT2D eigenvalue weighted by Crippen LogP contribution is -2.42. The van der Waals surface area contributed by atoms with Crippen molar-refractivity contribution in [2.75, 3.05) is 19.6 Å². The van der Waals surface area contributed by atoms with Gasteiger partial charge in [0, 0.05) is 13.1 Å². The fourth-order valence-corrected chi connectivity index (χ4v) is 1.08. The summed E-state index contributed by atoms with van der Waals surface area (Å²) in [6.07, 6.45) is 1.19. The maximum atomic E-state index is 11.2. The molecule has 0 saturated carbocycles. The number of carbonyl (C=O) groups is 3. The van der Waals surface area contributed by atoms with Crippen molar-refractivity contribution in [2.24, 2.45) is 5.92 Å². The zero-order chi connectivity index (χ0) is 14.0. The molecule has 0 aliphatic carbocycles. The summed E-state index contributed by atoms with van der Waals surface area (Å²) in [6, 6.07) is -0.473. The monoisotopic (exact) mass is 259 g/mol. The molecule has 3 amide bonds. The number of aliphatic carboxylic acids is 1. The maximum absolute atomic E-state index is 11.2. The lowest BCUT2D eigenvalue weighted by atomic mass is 10.1. The number of nitrogens with one attached hydrogen (secondary N) is 3. The van der Waals surface area contributed by atoms with Crippen molar-refractivity contribution in [3.05, 3.63) is 0 Å². The third kappa shape index (κ3) is 8.37. The van der Waals surface area contributed by atoms with Gasteiger partial charge in [-0.15, -0.1) is 0 Å². The molecule has 0 rings (SSSR count). The number of carboxylic acids is 1. The number of carbonyl (C=O) groups excluding carboxylic acids is 2. The number of urea groups is 1. The summed E-state index contributed by atoms with van der Waals surface area (Å²) in [6.45, 7) is 4.26. The van der Waals surface area contributed by atoms with Crippen LogP contribution in [0.2, 0.25) is 0 Å². The average molecular weight is 259 g/mol. The third-order valence-electron chi connectivity index (χ3n) is 2.27. The van der Waals surface area contributed by atoms with Gasteiger partial charge >= 0.3 is 12.0 Å². The molecule has 0 radical (unpaired) electrons. The highest BCUT2D eigenvalue weighted by atomic mass is 16.4. The van der Waals surface area contributed by atoms with Gasteiger partial charge in [-0.25, -0.2) is 4.79 Å². The van der Waals surface area contributed by atoms with Gasteiger partial charge in [0.15, 0.2) is 0 Å².